The molecule has 11 nitrogen and oxygen atoms in total. The number of imidazole rings is 1. The second-order valence-electron chi connectivity index (χ2n) is 8.54. The molecule has 2 atom stereocenters. The molecule has 1 aromatic carbocycles. The Kier molecular flexibility index (Phi) is 6.18. The van der Waals surface area contributed by atoms with Crippen molar-refractivity contribution in [1.82, 2.24) is 34.5 Å². The Balaban J connectivity index is 1.53. The van der Waals surface area contributed by atoms with Crippen molar-refractivity contribution < 1.29 is 9.84 Å². The molecular formula is C25H27N9O2. The lowest BCUT2D eigenvalue weighted by atomic mass is 10.1. The molecule has 36 heavy (non-hydrogen) atoms. The minimum absolute atomic E-state index is 0.507. The van der Waals surface area contributed by atoms with E-state index in [1.54, 1.807) is 17.9 Å². The molecule has 4 aromatic heterocycles. The van der Waals surface area contributed by atoms with Gasteiger partial charge >= 0.3 is 0 Å². The molecule has 0 fully saturated rings. The number of benzene rings is 1. The lowest BCUT2D eigenvalue weighted by Crippen LogP contribution is -2.14. The molecule has 0 aliphatic carbocycles. The Bertz CT molecular complexity index is 1520. The maximum atomic E-state index is 10.4. The Labute approximate surface area is 207 Å². The Morgan fingerprint density at radius 3 is 2.61 bits per heavy atom. The van der Waals surface area contributed by atoms with Crippen LogP contribution in [0.15, 0.2) is 54.9 Å². The lowest BCUT2D eigenvalue weighted by molar-refractivity contribution is 0.105. The molecule has 4 heterocycles. The van der Waals surface area contributed by atoms with Crippen LogP contribution in [0.2, 0.25) is 0 Å². The van der Waals surface area contributed by atoms with Gasteiger partial charge in [-0.15, -0.1) is 5.10 Å². The van der Waals surface area contributed by atoms with Crippen LogP contribution in [0.3, 0.4) is 0 Å². The van der Waals surface area contributed by atoms with Gasteiger partial charge in [-0.1, -0.05) is 0 Å². The highest BCUT2D eigenvalue weighted by Crippen LogP contribution is 2.27. The lowest BCUT2D eigenvalue weighted by Gasteiger charge is -2.15. The van der Waals surface area contributed by atoms with E-state index in [-0.39, 0.29) is 0 Å². The molecule has 0 saturated carbocycles. The molecule has 11 heteroatoms. The molecule has 0 aliphatic rings. The summed E-state index contributed by atoms with van der Waals surface area (Å²) in [6.07, 6.45) is 0.313. The van der Waals surface area contributed by atoms with Crippen molar-refractivity contribution in [2.45, 2.75) is 33.1 Å². The maximum absolute atomic E-state index is 10.4. The van der Waals surface area contributed by atoms with Gasteiger partial charge in [-0.2, -0.15) is 10.2 Å². The number of pyridine rings is 1. The minimum atomic E-state index is -0.747. The van der Waals surface area contributed by atoms with Crippen molar-refractivity contribution in [2.75, 3.05) is 12.4 Å². The second-order valence-corrected chi connectivity index (χ2v) is 8.54. The van der Waals surface area contributed by atoms with E-state index in [0.29, 0.717) is 28.7 Å². The number of aromatic nitrogens is 7. The predicted octanol–water partition coefficient (Wildman–Crippen LogP) is 3.41. The quantitative estimate of drug-likeness (QED) is 0.296. The third-order valence-electron chi connectivity index (χ3n) is 5.86. The van der Waals surface area contributed by atoms with E-state index in [1.807, 2.05) is 66.9 Å². The number of methoxy groups -OCH3 is 1. The van der Waals surface area contributed by atoms with Gasteiger partial charge in [-0.25, -0.2) is 14.6 Å². The normalized spacial score (nSPS) is 13.2. The summed E-state index contributed by atoms with van der Waals surface area (Å²) < 4.78 is 8.77. The summed E-state index contributed by atoms with van der Waals surface area (Å²) in [5.41, 5.74) is 11.4. The molecule has 0 saturated heterocycles. The molecule has 0 amide bonds. The summed E-state index contributed by atoms with van der Waals surface area (Å²) in [5.74, 6) is 1.80. The first kappa shape index (κ1) is 23.5. The third-order valence-corrected chi connectivity index (χ3v) is 5.86. The number of nitrogens with two attached hydrogens (primary N) is 1. The van der Waals surface area contributed by atoms with Crippen LogP contribution >= 0.6 is 0 Å². The van der Waals surface area contributed by atoms with E-state index in [9.17, 15) is 5.11 Å². The monoisotopic (exact) mass is 485 g/mol. The number of hydrogen-bond acceptors (Lipinski definition) is 9. The number of aliphatic hydroxyl groups is 1. The average molecular weight is 486 g/mol. The number of aliphatic hydroxyl groups excluding tert-OH is 1. The Hall–Kier alpha value is -4.19. The largest absolute Gasteiger partial charge is 0.389 e. The zero-order valence-electron chi connectivity index (χ0n) is 20.4. The van der Waals surface area contributed by atoms with Gasteiger partial charge in [0.25, 0.3) is 0 Å². The molecule has 0 radical (unpaired) electrons. The summed E-state index contributed by atoms with van der Waals surface area (Å²) >= 11 is 0. The van der Waals surface area contributed by atoms with Crippen molar-refractivity contribution in [3.8, 4) is 11.6 Å². The average Bonchev–Trinajstić information content (AvgIpc) is 3.47. The van der Waals surface area contributed by atoms with Gasteiger partial charge < -0.3 is 20.9 Å². The number of aryl methyl sites for hydroxylation is 2. The molecule has 0 spiro atoms. The van der Waals surface area contributed by atoms with Crippen LogP contribution in [-0.4, -0.2) is 46.7 Å². The molecular weight excluding hydrogens is 458 g/mol. The first-order valence-corrected chi connectivity index (χ1v) is 11.4. The van der Waals surface area contributed by atoms with Crippen molar-refractivity contribution in [3.63, 3.8) is 0 Å². The van der Waals surface area contributed by atoms with Crippen LogP contribution in [0.5, 0.6) is 0 Å². The number of nitrogens with zero attached hydrogens (tertiary/aromatic N) is 7. The van der Waals surface area contributed by atoms with Crippen molar-refractivity contribution in [3.05, 3.63) is 77.5 Å². The fourth-order valence-corrected chi connectivity index (χ4v) is 3.94. The van der Waals surface area contributed by atoms with Gasteiger partial charge in [-0.05, 0) is 69.3 Å². The second kappa shape index (κ2) is 9.46. The molecule has 0 aliphatic heterocycles. The van der Waals surface area contributed by atoms with Crippen molar-refractivity contribution in [1.29, 1.82) is 0 Å². The summed E-state index contributed by atoms with van der Waals surface area (Å²) in [4.78, 5) is 9.43. The summed E-state index contributed by atoms with van der Waals surface area (Å²) in [5, 5.41) is 26.5. The first-order chi connectivity index (χ1) is 17.3. The van der Waals surface area contributed by atoms with Gasteiger partial charge in [0.05, 0.1) is 22.8 Å². The number of anilines is 2. The number of fused-ring (bicyclic) bond motifs is 1. The van der Waals surface area contributed by atoms with Crippen LogP contribution in [-0.2, 0) is 4.74 Å². The fourth-order valence-electron chi connectivity index (χ4n) is 3.94. The van der Waals surface area contributed by atoms with Crippen molar-refractivity contribution in [2.24, 2.45) is 5.73 Å². The van der Waals surface area contributed by atoms with Gasteiger partial charge in [-0.3, -0.25) is 4.57 Å². The molecule has 184 valence electrons. The van der Waals surface area contributed by atoms with Crippen LogP contribution in [0.4, 0.5) is 11.5 Å². The Morgan fingerprint density at radius 1 is 1.06 bits per heavy atom. The van der Waals surface area contributed by atoms with E-state index in [0.717, 1.165) is 28.1 Å². The molecule has 5 aromatic rings. The maximum Gasteiger partial charge on any atom is 0.161 e. The van der Waals surface area contributed by atoms with E-state index in [1.165, 1.54) is 7.11 Å². The van der Waals surface area contributed by atoms with E-state index in [2.05, 4.69) is 25.6 Å². The minimum Gasteiger partial charge on any atom is -0.389 e. The highest BCUT2D eigenvalue weighted by atomic mass is 16.5. The van der Waals surface area contributed by atoms with E-state index in [4.69, 9.17) is 15.5 Å². The van der Waals surface area contributed by atoms with Gasteiger partial charge in [0.15, 0.2) is 11.6 Å². The molecule has 1 unspecified atom stereocenters. The summed E-state index contributed by atoms with van der Waals surface area (Å²) in [6, 6.07) is 15.2. The van der Waals surface area contributed by atoms with Crippen LogP contribution < -0.4 is 11.1 Å². The Morgan fingerprint density at radius 2 is 1.89 bits per heavy atom. The van der Waals surface area contributed by atoms with Gasteiger partial charge in [0.1, 0.15) is 24.1 Å². The van der Waals surface area contributed by atoms with E-state index < -0.39 is 12.3 Å². The standard InChI is InChI=1S/C25H27N9O2/c1-14-5-9-22(31-30-14)28-17-6-8-21-19(12-17)27-13-33(21)23-10-7-18(16(3)35)25(29-23)34-15(2)11-20(32-34)24(26)36-4/h5-13,16,24,35H,26H2,1-4H3,(H,28,31)/t16-,24?/m0/s1. The zero-order valence-corrected chi connectivity index (χ0v) is 20.4. The highest BCUT2D eigenvalue weighted by Gasteiger charge is 2.19. The number of ether oxygens (including phenoxy) is 1. The van der Waals surface area contributed by atoms with E-state index >= 15 is 0 Å². The summed E-state index contributed by atoms with van der Waals surface area (Å²) in [7, 11) is 1.53. The zero-order chi connectivity index (χ0) is 25.4. The topological polar surface area (TPSA) is 142 Å². The van der Waals surface area contributed by atoms with Crippen LogP contribution in [0.25, 0.3) is 22.7 Å². The number of nitrogens with one attached hydrogen (secondary N) is 1. The number of rotatable bonds is 7. The first-order valence-electron chi connectivity index (χ1n) is 11.4. The SMILES string of the molecule is COC(N)c1cc(C)n(-c2nc(-n3cnc4cc(Nc5ccc(C)nn5)ccc43)ccc2[C@H](C)O)n1. The fraction of sp³-hybridized carbons (Fsp3) is 0.240. The number of hydrogen-bond donors (Lipinski definition) is 3. The smallest absolute Gasteiger partial charge is 0.161 e. The molecule has 0 bridgehead atoms. The van der Waals surface area contributed by atoms with Gasteiger partial charge in [0.2, 0.25) is 0 Å². The van der Waals surface area contributed by atoms with Crippen LogP contribution in [0, 0.1) is 13.8 Å². The summed E-state index contributed by atoms with van der Waals surface area (Å²) in [6.45, 7) is 5.49. The highest BCUT2D eigenvalue weighted by molar-refractivity contribution is 5.82. The molecule has 5 rings (SSSR count). The predicted molar refractivity (Wildman–Crippen MR) is 135 cm³/mol. The van der Waals surface area contributed by atoms with Gasteiger partial charge in [0, 0.05) is 24.1 Å². The van der Waals surface area contributed by atoms with Crippen molar-refractivity contribution >= 4 is 22.5 Å². The molecule has 4 N–H and O–H groups in total. The third kappa shape index (κ3) is 4.42. The van der Waals surface area contributed by atoms with Crippen LogP contribution in [0.1, 0.15) is 41.9 Å².